The molecule has 2 aromatic rings. The zero-order valence-electron chi connectivity index (χ0n) is 12.1. The molecule has 1 heterocycles. The third-order valence-corrected chi connectivity index (χ3v) is 5.78. The summed E-state index contributed by atoms with van der Waals surface area (Å²) in [5.74, 6) is 0. The number of thioether (sulfide) groups is 1. The van der Waals surface area contributed by atoms with E-state index in [4.69, 9.17) is 0 Å². The van der Waals surface area contributed by atoms with E-state index in [1.54, 1.807) is 0 Å². The van der Waals surface area contributed by atoms with Gasteiger partial charge in [-0.05, 0) is 26.0 Å². The number of aromatic nitrogens is 3. The van der Waals surface area contributed by atoms with Crippen LogP contribution in [-0.4, -0.2) is 26.5 Å². The van der Waals surface area contributed by atoms with Gasteiger partial charge >= 0.3 is 0 Å². The second-order valence-corrected chi connectivity index (χ2v) is 6.78. The summed E-state index contributed by atoms with van der Waals surface area (Å²) in [6.07, 6.45) is 9.41. The monoisotopic (exact) mass is 287 g/mol. The molecule has 0 bridgehead atoms. The highest BCUT2D eigenvalue weighted by Crippen LogP contribution is 2.40. The quantitative estimate of drug-likeness (QED) is 0.856. The van der Waals surface area contributed by atoms with E-state index in [0.717, 1.165) is 11.3 Å². The molecule has 1 aliphatic rings. The second-order valence-electron chi connectivity index (χ2n) is 5.74. The van der Waals surface area contributed by atoms with Gasteiger partial charge in [-0.15, -0.1) is 5.10 Å². The van der Waals surface area contributed by atoms with Crippen molar-refractivity contribution in [2.75, 3.05) is 6.26 Å². The Morgan fingerprint density at radius 2 is 2.05 bits per heavy atom. The van der Waals surface area contributed by atoms with Crippen LogP contribution >= 0.6 is 11.8 Å². The zero-order valence-corrected chi connectivity index (χ0v) is 12.9. The summed E-state index contributed by atoms with van der Waals surface area (Å²) >= 11 is 1.96. The highest BCUT2D eigenvalue weighted by Gasteiger charge is 2.38. The third-order valence-electron chi connectivity index (χ3n) is 4.46. The topological polar surface area (TPSA) is 30.7 Å². The second kappa shape index (κ2) is 5.60. The van der Waals surface area contributed by atoms with Gasteiger partial charge in [0.05, 0.1) is 11.7 Å². The average Bonchev–Trinajstić information content (AvgIpc) is 2.99. The molecular weight excluding hydrogens is 266 g/mol. The maximum Gasteiger partial charge on any atom is 0.113 e. The first-order valence-electron chi connectivity index (χ1n) is 7.25. The minimum absolute atomic E-state index is 0.0949. The normalized spacial score (nSPS) is 26.6. The minimum Gasteiger partial charge on any atom is -0.245 e. The lowest BCUT2D eigenvalue weighted by Crippen LogP contribution is -2.43. The Morgan fingerprint density at radius 1 is 1.25 bits per heavy atom. The molecule has 2 unspecified atom stereocenters. The molecule has 1 fully saturated rings. The van der Waals surface area contributed by atoms with Gasteiger partial charge in [0.15, 0.2) is 0 Å². The van der Waals surface area contributed by atoms with Gasteiger partial charge in [-0.1, -0.05) is 48.4 Å². The van der Waals surface area contributed by atoms with E-state index < -0.39 is 0 Å². The Labute approximate surface area is 124 Å². The van der Waals surface area contributed by atoms with Crippen molar-refractivity contribution in [3.63, 3.8) is 0 Å². The van der Waals surface area contributed by atoms with E-state index in [0.29, 0.717) is 5.25 Å². The van der Waals surface area contributed by atoms with Crippen LogP contribution in [0.5, 0.6) is 0 Å². The van der Waals surface area contributed by atoms with E-state index >= 15 is 0 Å². The Morgan fingerprint density at radius 3 is 2.80 bits per heavy atom. The van der Waals surface area contributed by atoms with Crippen LogP contribution in [0, 0.1) is 0 Å². The highest BCUT2D eigenvalue weighted by molar-refractivity contribution is 7.99. The lowest BCUT2D eigenvalue weighted by Gasteiger charge is -2.40. The van der Waals surface area contributed by atoms with E-state index in [1.165, 1.54) is 25.7 Å². The third kappa shape index (κ3) is 2.37. The minimum atomic E-state index is 0.0949. The van der Waals surface area contributed by atoms with E-state index in [1.807, 2.05) is 30.0 Å². The van der Waals surface area contributed by atoms with Gasteiger partial charge in [-0.25, -0.2) is 4.68 Å². The Balaban J connectivity index is 1.93. The SMILES string of the molecule is CSC1CCCCC1(C)n1cc(-c2ccccc2)nn1. The van der Waals surface area contributed by atoms with Crippen molar-refractivity contribution in [3.05, 3.63) is 36.5 Å². The van der Waals surface area contributed by atoms with Gasteiger partial charge in [0, 0.05) is 10.8 Å². The van der Waals surface area contributed by atoms with Gasteiger partial charge < -0.3 is 0 Å². The van der Waals surface area contributed by atoms with Crippen LogP contribution in [0.1, 0.15) is 32.6 Å². The maximum absolute atomic E-state index is 4.44. The number of hydrogen-bond donors (Lipinski definition) is 0. The maximum atomic E-state index is 4.44. The lowest BCUT2D eigenvalue weighted by atomic mass is 9.83. The molecular formula is C16H21N3S. The molecule has 0 saturated heterocycles. The molecule has 20 heavy (non-hydrogen) atoms. The number of rotatable bonds is 3. The summed E-state index contributed by atoms with van der Waals surface area (Å²) in [6, 6.07) is 10.3. The fourth-order valence-corrected chi connectivity index (χ4v) is 4.31. The molecule has 0 spiro atoms. The first-order valence-corrected chi connectivity index (χ1v) is 8.54. The van der Waals surface area contributed by atoms with Crippen LogP contribution in [0.3, 0.4) is 0 Å². The molecule has 2 atom stereocenters. The molecule has 1 aliphatic carbocycles. The summed E-state index contributed by atoms with van der Waals surface area (Å²) in [6.45, 7) is 2.33. The smallest absolute Gasteiger partial charge is 0.113 e. The highest BCUT2D eigenvalue weighted by atomic mass is 32.2. The molecule has 3 nitrogen and oxygen atoms in total. The summed E-state index contributed by atoms with van der Waals surface area (Å²) in [5.41, 5.74) is 2.20. The van der Waals surface area contributed by atoms with E-state index in [9.17, 15) is 0 Å². The summed E-state index contributed by atoms with van der Waals surface area (Å²) in [5, 5.41) is 9.45. The van der Waals surface area contributed by atoms with Crippen molar-refractivity contribution in [1.29, 1.82) is 0 Å². The van der Waals surface area contributed by atoms with Crippen LogP contribution in [-0.2, 0) is 5.54 Å². The van der Waals surface area contributed by atoms with Crippen LogP contribution in [0.4, 0.5) is 0 Å². The van der Waals surface area contributed by atoms with Crippen molar-refractivity contribution in [2.45, 2.75) is 43.4 Å². The zero-order chi connectivity index (χ0) is 14.0. The van der Waals surface area contributed by atoms with E-state index in [-0.39, 0.29) is 5.54 Å². The van der Waals surface area contributed by atoms with Gasteiger partial charge in [-0.3, -0.25) is 0 Å². The molecule has 0 amide bonds. The van der Waals surface area contributed by atoms with Crippen LogP contribution in [0.15, 0.2) is 36.5 Å². The van der Waals surface area contributed by atoms with Crippen molar-refractivity contribution in [1.82, 2.24) is 15.0 Å². The van der Waals surface area contributed by atoms with Crippen molar-refractivity contribution in [2.24, 2.45) is 0 Å². The van der Waals surface area contributed by atoms with Crippen LogP contribution in [0.2, 0.25) is 0 Å². The van der Waals surface area contributed by atoms with E-state index in [2.05, 4.69) is 46.5 Å². The lowest BCUT2D eigenvalue weighted by molar-refractivity contribution is 0.204. The summed E-state index contributed by atoms with van der Waals surface area (Å²) in [4.78, 5) is 0. The standard InChI is InChI=1S/C16H21N3S/c1-16(11-7-6-10-15(16)20-2)19-12-14(17-18-19)13-8-4-3-5-9-13/h3-5,8-9,12,15H,6-7,10-11H2,1-2H3. The van der Waals surface area contributed by atoms with Crippen molar-refractivity contribution < 1.29 is 0 Å². The predicted octanol–water partition coefficient (Wildman–Crippen LogP) is 3.97. The fourth-order valence-electron chi connectivity index (χ4n) is 3.17. The Kier molecular flexibility index (Phi) is 3.83. The molecule has 1 saturated carbocycles. The molecule has 1 aromatic carbocycles. The molecule has 3 rings (SSSR count). The van der Waals surface area contributed by atoms with Crippen molar-refractivity contribution in [3.8, 4) is 11.3 Å². The van der Waals surface area contributed by atoms with Gasteiger partial charge in [0.25, 0.3) is 0 Å². The molecule has 1 aromatic heterocycles. The molecule has 0 radical (unpaired) electrons. The molecule has 0 N–H and O–H groups in total. The number of hydrogen-bond acceptors (Lipinski definition) is 3. The molecule has 4 heteroatoms. The molecule has 0 aliphatic heterocycles. The van der Waals surface area contributed by atoms with Crippen LogP contribution < -0.4 is 0 Å². The first-order chi connectivity index (χ1) is 9.74. The number of benzene rings is 1. The van der Waals surface area contributed by atoms with Gasteiger partial charge in [0.1, 0.15) is 5.69 Å². The fraction of sp³-hybridized carbons (Fsp3) is 0.500. The predicted molar refractivity (Wildman–Crippen MR) is 84.9 cm³/mol. The summed E-state index contributed by atoms with van der Waals surface area (Å²) in [7, 11) is 0. The average molecular weight is 287 g/mol. The summed E-state index contributed by atoms with van der Waals surface area (Å²) < 4.78 is 2.11. The van der Waals surface area contributed by atoms with Gasteiger partial charge in [0.2, 0.25) is 0 Å². The Hall–Kier alpha value is -1.29. The Bertz CT molecular complexity index is 566. The molecule has 106 valence electrons. The number of nitrogens with zero attached hydrogens (tertiary/aromatic N) is 3. The first kappa shape index (κ1) is 13.7. The van der Waals surface area contributed by atoms with Gasteiger partial charge in [-0.2, -0.15) is 11.8 Å². The van der Waals surface area contributed by atoms with Crippen molar-refractivity contribution >= 4 is 11.8 Å². The largest absolute Gasteiger partial charge is 0.245 e. The van der Waals surface area contributed by atoms with Crippen LogP contribution in [0.25, 0.3) is 11.3 Å².